The summed E-state index contributed by atoms with van der Waals surface area (Å²) in [6.45, 7) is 3.77. The molecule has 2 heterocycles. The third-order valence-electron chi connectivity index (χ3n) is 2.25. The zero-order valence-electron chi connectivity index (χ0n) is 8.80. The van der Waals surface area contributed by atoms with Crippen molar-refractivity contribution in [3.63, 3.8) is 0 Å². The van der Waals surface area contributed by atoms with Crippen LogP contribution in [0.4, 0.5) is 0 Å². The van der Waals surface area contributed by atoms with Crippen LogP contribution in [0.25, 0.3) is 10.9 Å². The van der Waals surface area contributed by atoms with Crippen molar-refractivity contribution >= 4 is 22.5 Å². The highest BCUT2D eigenvalue weighted by Crippen LogP contribution is 2.26. The van der Waals surface area contributed by atoms with Crippen LogP contribution >= 0.6 is 11.6 Å². The SMILES string of the molecule is CC#Cc1nn(C)c2c(Cl)ncc(C)c12. The Hall–Kier alpha value is -1.53. The smallest absolute Gasteiger partial charge is 0.154 e. The lowest BCUT2D eigenvalue weighted by molar-refractivity contribution is 0.791. The van der Waals surface area contributed by atoms with Gasteiger partial charge < -0.3 is 0 Å². The van der Waals surface area contributed by atoms with E-state index in [1.807, 2.05) is 14.0 Å². The fourth-order valence-corrected chi connectivity index (χ4v) is 1.88. The van der Waals surface area contributed by atoms with E-state index >= 15 is 0 Å². The van der Waals surface area contributed by atoms with Crippen LogP contribution in [-0.2, 0) is 7.05 Å². The molecule has 0 aliphatic rings. The van der Waals surface area contributed by atoms with Crippen LogP contribution in [0.2, 0.25) is 5.15 Å². The Balaban J connectivity index is 2.96. The van der Waals surface area contributed by atoms with Crippen molar-refractivity contribution in [2.24, 2.45) is 7.05 Å². The molecule has 0 atom stereocenters. The van der Waals surface area contributed by atoms with Gasteiger partial charge in [0.2, 0.25) is 0 Å². The predicted octanol–water partition coefficient (Wildman–Crippen LogP) is 2.30. The van der Waals surface area contributed by atoms with Gasteiger partial charge in [0.1, 0.15) is 11.2 Å². The normalized spacial score (nSPS) is 10.1. The average molecular weight is 220 g/mol. The van der Waals surface area contributed by atoms with Crippen LogP contribution in [-0.4, -0.2) is 14.8 Å². The molecule has 4 heteroatoms. The lowest BCUT2D eigenvalue weighted by Gasteiger charge is -1.98. The Kier molecular flexibility index (Phi) is 2.37. The molecule has 0 aliphatic heterocycles. The second kappa shape index (κ2) is 3.56. The van der Waals surface area contributed by atoms with Gasteiger partial charge in [-0.2, -0.15) is 5.10 Å². The Morgan fingerprint density at radius 1 is 1.47 bits per heavy atom. The summed E-state index contributed by atoms with van der Waals surface area (Å²) in [6, 6.07) is 0. The molecule has 0 amide bonds. The number of rotatable bonds is 0. The molecule has 15 heavy (non-hydrogen) atoms. The van der Waals surface area contributed by atoms with Crippen molar-refractivity contribution in [1.82, 2.24) is 14.8 Å². The summed E-state index contributed by atoms with van der Waals surface area (Å²) in [6.07, 6.45) is 1.74. The van der Waals surface area contributed by atoms with E-state index in [1.54, 1.807) is 17.8 Å². The van der Waals surface area contributed by atoms with E-state index in [4.69, 9.17) is 11.6 Å². The highest BCUT2D eigenvalue weighted by Gasteiger charge is 2.12. The lowest BCUT2D eigenvalue weighted by atomic mass is 10.1. The summed E-state index contributed by atoms with van der Waals surface area (Å²) in [5, 5.41) is 5.78. The Morgan fingerprint density at radius 2 is 2.20 bits per heavy atom. The number of aryl methyl sites for hydroxylation is 2. The fraction of sp³-hybridized carbons (Fsp3) is 0.273. The van der Waals surface area contributed by atoms with Crippen molar-refractivity contribution in [2.45, 2.75) is 13.8 Å². The number of hydrogen-bond donors (Lipinski definition) is 0. The summed E-state index contributed by atoms with van der Waals surface area (Å²) in [7, 11) is 1.84. The van der Waals surface area contributed by atoms with Gasteiger partial charge in [0.15, 0.2) is 5.15 Å². The predicted molar refractivity (Wildman–Crippen MR) is 60.8 cm³/mol. The molecule has 76 valence electrons. The molecule has 2 aromatic rings. The monoisotopic (exact) mass is 219 g/mol. The van der Waals surface area contributed by atoms with Gasteiger partial charge in [-0.05, 0) is 25.3 Å². The Morgan fingerprint density at radius 3 is 2.87 bits per heavy atom. The largest absolute Gasteiger partial charge is 0.264 e. The first-order valence-electron chi connectivity index (χ1n) is 4.55. The number of pyridine rings is 1. The summed E-state index contributed by atoms with van der Waals surface area (Å²) >= 11 is 6.03. The maximum absolute atomic E-state index is 6.03. The summed E-state index contributed by atoms with van der Waals surface area (Å²) in [5.41, 5.74) is 2.64. The Bertz CT molecular complexity index is 587. The molecule has 0 aromatic carbocycles. The van der Waals surface area contributed by atoms with Gasteiger partial charge in [0.05, 0.1) is 0 Å². The fourth-order valence-electron chi connectivity index (χ4n) is 1.62. The number of nitrogens with zero attached hydrogens (tertiary/aromatic N) is 3. The van der Waals surface area contributed by atoms with Crippen LogP contribution in [0.5, 0.6) is 0 Å². The molecular weight excluding hydrogens is 210 g/mol. The third-order valence-corrected chi connectivity index (χ3v) is 2.53. The second-order valence-corrected chi connectivity index (χ2v) is 3.66. The van der Waals surface area contributed by atoms with E-state index in [0.29, 0.717) is 5.15 Å². The lowest BCUT2D eigenvalue weighted by Crippen LogP contribution is -1.91. The minimum atomic E-state index is 0.467. The summed E-state index contributed by atoms with van der Waals surface area (Å²) in [5.74, 6) is 5.82. The molecule has 0 radical (unpaired) electrons. The number of halogens is 1. The van der Waals surface area contributed by atoms with Gasteiger partial charge in [0, 0.05) is 18.6 Å². The average Bonchev–Trinajstić information content (AvgIpc) is 2.51. The zero-order valence-corrected chi connectivity index (χ0v) is 9.55. The molecular formula is C11H10ClN3. The van der Waals surface area contributed by atoms with Crippen LogP contribution in [0.3, 0.4) is 0 Å². The van der Waals surface area contributed by atoms with Crippen LogP contribution in [0.15, 0.2) is 6.20 Å². The number of hydrogen-bond acceptors (Lipinski definition) is 2. The first-order valence-corrected chi connectivity index (χ1v) is 4.93. The van der Waals surface area contributed by atoms with Crippen molar-refractivity contribution in [3.8, 4) is 11.8 Å². The molecule has 3 nitrogen and oxygen atoms in total. The van der Waals surface area contributed by atoms with E-state index < -0.39 is 0 Å². The quantitative estimate of drug-likeness (QED) is 0.503. The Labute approximate surface area is 93.1 Å². The molecule has 0 fully saturated rings. The van der Waals surface area contributed by atoms with Crippen LogP contribution in [0.1, 0.15) is 18.2 Å². The van der Waals surface area contributed by atoms with E-state index in [1.165, 1.54) is 0 Å². The van der Waals surface area contributed by atoms with Crippen molar-refractivity contribution in [3.05, 3.63) is 22.6 Å². The van der Waals surface area contributed by atoms with E-state index in [-0.39, 0.29) is 0 Å². The standard InChI is InChI=1S/C11H10ClN3/c1-4-5-8-9-7(2)6-13-11(12)10(9)15(3)14-8/h6H,1-3H3. The number of fused-ring (bicyclic) bond motifs is 1. The number of aromatic nitrogens is 3. The molecule has 0 saturated carbocycles. The molecule has 0 spiro atoms. The molecule has 0 saturated heterocycles. The van der Waals surface area contributed by atoms with Gasteiger partial charge in [-0.1, -0.05) is 17.5 Å². The second-order valence-electron chi connectivity index (χ2n) is 3.30. The molecule has 0 bridgehead atoms. The first kappa shape index (κ1) is 10.0. The van der Waals surface area contributed by atoms with E-state index in [2.05, 4.69) is 21.9 Å². The molecule has 0 aliphatic carbocycles. The molecule has 2 rings (SSSR count). The molecule has 0 unspecified atom stereocenters. The van der Waals surface area contributed by atoms with Crippen molar-refractivity contribution in [1.29, 1.82) is 0 Å². The van der Waals surface area contributed by atoms with E-state index in [0.717, 1.165) is 22.2 Å². The maximum Gasteiger partial charge on any atom is 0.154 e. The molecule has 2 aromatic heterocycles. The topological polar surface area (TPSA) is 30.7 Å². The minimum absolute atomic E-state index is 0.467. The zero-order chi connectivity index (χ0) is 11.0. The van der Waals surface area contributed by atoms with Gasteiger partial charge in [-0.3, -0.25) is 4.68 Å². The van der Waals surface area contributed by atoms with E-state index in [9.17, 15) is 0 Å². The van der Waals surface area contributed by atoms with Crippen LogP contribution < -0.4 is 0 Å². The summed E-state index contributed by atoms with van der Waals surface area (Å²) in [4.78, 5) is 4.10. The highest BCUT2D eigenvalue weighted by molar-refractivity contribution is 6.34. The van der Waals surface area contributed by atoms with Gasteiger partial charge in [-0.15, -0.1) is 0 Å². The first-order chi connectivity index (χ1) is 7.15. The molecule has 0 N–H and O–H groups in total. The van der Waals surface area contributed by atoms with Crippen molar-refractivity contribution < 1.29 is 0 Å². The van der Waals surface area contributed by atoms with Crippen LogP contribution in [0, 0.1) is 18.8 Å². The summed E-state index contributed by atoms with van der Waals surface area (Å²) < 4.78 is 1.72. The maximum atomic E-state index is 6.03. The van der Waals surface area contributed by atoms with Gasteiger partial charge >= 0.3 is 0 Å². The third kappa shape index (κ3) is 1.47. The van der Waals surface area contributed by atoms with Gasteiger partial charge in [-0.25, -0.2) is 4.98 Å². The van der Waals surface area contributed by atoms with Gasteiger partial charge in [0.25, 0.3) is 0 Å². The van der Waals surface area contributed by atoms with Crippen molar-refractivity contribution in [2.75, 3.05) is 0 Å². The minimum Gasteiger partial charge on any atom is -0.264 e. The highest BCUT2D eigenvalue weighted by atomic mass is 35.5.